The van der Waals surface area contributed by atoms with Gasteiger partial charge in [0.1, 0.15) is 11.5 Å². The fourth-order valence-electron chi connectivity index (χ4n) is 2.22. The number of carbonyl (C=O) groups excluding carboxylic acids is 1. The number of hydrogen-bond donors (Lipinski definition) is 2. The van der Waals surface area contributed by atoms with Gasteiger partial charge in [-0.3, -0.25) is 0 Å². The minimum absolute atomic E-state index is 0.469. The first-order chi connectivity index (χ1) is 12.5. The van der Waals surface area contributed by atoms with Crippen LogP contribution in [0.15, 0.2) is 41.5 Å². The molecule has 2 amide bonds. The molecule has 138 valence electrons. The third kappa shape index (κ3) is 5.97. The molecule has 0 aliphatic rings. The molecule has 0 aliphatic carbocycles. The quantitative estimate of drug-likeness (QED) is 0.418. The van der Waals surface area contributed by atoms with Crippen LogP contribution in [0.5, 0.6) is 11.5 Å². The summed E-state index contributed by atoms with van der Waals surface area (Å²) < 4.78 is 11.6. The predicted molar refractivity (Wildman–Crippen MR) is 103 cm³/mol. The number of benzene rings is 2. The Kier molecular flexibility index (Phi) is 7.29. The molecule has 2 aromatic rings. The molecule has 0 heterocycles. The van der Waals surface area contributed by atoms with Crippen LogP contribution in [0.3, 0.4) is 0 Å². The molecular weight excluding hydrogens is 354 g/mol. The average Bonchev–Trinajstić information content (AvgIpc) is 2.59. The number of carbonyl (C=O) groups is 1. The molecule has 0 saturated heterocycles. The number of ether oxygens (including phenoxy) is 2. The van der Waals surface area contributed by atoms with Crippen LogP contribution in [0.25, 0.3) is 0 Å². The van der Waals surface area contributed by atoms with E-state index >= 15 is 0 Å². The molecule has 0 saturated carbocycles. The van der Waals surface area contributed by atoms with Crippen LogP contribution in [0.1, 0.15) is 23.1 Å². The number of amides is 2. The van der Waals surface area contributed by atoms with E-state index in [2.05, 4.69) is 23.5 Å². The van der Waals surface area contributed by atoms with Crippen LogP contribution in [0.4, 0.5) is 4.79 Å². The van der Waals surface area contributed by atoms with Crippen LogP contribution in [-0.4, -0.2) is 25.5 Å². The molecule has 26 heavy (non-hydrogen) atoms. The largest absolute Gasteiger partial charge is 0.493 e. The van der Waals surface area contributed by atoms with Crippen LogP contribution >= 0.6 is 11.6 Å². The number of urea groups is 1. The highest BCUT2D eigenvalue weighted by Crippen LogP contribution is 2.22. The van der Waals surface area contributed by atoms with E-state index in [0.29, 0.717) is 36.0 Å². The van der Waals surface area contributed by atoms with Gasteiger partial charge in [0, 0.05) is 17.0 Å². The molecule has 0 unspecified atom stereocenters. The number of hydrazone groups is 1. The molecule has 0 radical (unpaired) electrons. The summed E-state index contributed by atoms with van der Waals surface area (Å²) in [6.45, 7) is 5.11. The molecule has 0 spiro atoms. The lowest BCUT2D eigenvalue weighted by Crippen LogP contribution is -2.24. The smallest absolute Gasteiger partial charge is 0.332 e. The van der Waals surface area contributed by atoms with Crippen molar-refractivity contribution in [1.82, 2.24) is 5.43 Å². The zero-order chi connectivity index (χ0) is 18.9. The first kappa shape index (κ1) is 19.6. The molecular formula is C19H22ClN3O3. The third-order valence-electron chi connectivity index (χ3n) is 3.71. The van der Waals surface area contributed by atoms with Gasteiger partial charge < -0.3 is 15.2 Å². The summed E-state index contributed by atoms with van der Waals surface area (Å²) in [5.74, 6) is 1.50. The van der Waals surface area contributed by atoms with Crippen molar-refractivity contribution in [3.8, 4) is 11.5 Å². The summed E-state index contributed by atoms with van der Waals surface area (Å²) in [6, 6.07) is 10.4. The SMILES string of the molecule is Cc1cccc(OCCCOc2ccc(Cl)cc2/C=N/NC(N)=O)c1C. The second-order valence-corrected chi connectivity index (χ2v) is 6.10. The Labute approximate surface area is 157 Å². The van der Waals surface area contributed by atoms with E-state index in [-0.39, 0.29) is 0 Å². The van der Waals surface area contributed by atoms with E-state index in [1.54, 1.807) is 18.2 Å². The zero-order valence-corrected chi connectivity index (χ0v) is 15.5. The van der Waals surface area contributed by atoms with E-state index in [1.165, 1.54) is 11.8 Å². The normalized spacial score (nSPS) is 10.7. The van der Waals surface area contributed by atoms with E-state index < -0.39 is 6.03 Å². The maximum atomic E-state index is 10.7. The highest BCUT2D eigenvalue weighted by Gasteiger charge is 2.05. The fraction of sp³-hybridized carbons (Fsp3) is 0.263. The second-order valence-electron chi connectivity index (χ2n) is 5.66. The number of primary amides is 1. The summed E-state index contributed by atoms with van der Waals surface area (Å²) in [4.78, 5) is 10.7. The van der Waals surface area contributed by atoms with Gasteiger partial charge >= 0.3 is 6.03 Å². The van der Waals surface area contributed by atoms with E-state index in [1.807, 2.05) is 19.1 Å². The fourth-order valence-corrected chi connectivity index (χ4v) is 2.40. The molecule has 0 aromatic heterocycles. The van der Waals surface area contributed by atoms with Gasteiger partial charge in [0.25, 0.3) is 0 Å². The number of nitrogens with zero attached hydrogens (tertiary/aromatic N) is 1. The lowest BCUT2D eigenvalue weighted by atomic mass is 10.1. The van der Waals surface area contributed by atoms with Gasteiger partial charge in [0.15, 0.2) is 0 Å². The lowest BCUT2D eigenvalue weighted by Gasteiger charge is -2.12. The summed E-state index contributed by atoms with van der Waals surface area (Å²) in [5.41, 5.74) is 10.1. The van der Waals surface area contributed by atoms with Crippen LogP contribution in [0, 0.1) is 13.8 Å². The number of aryl methyl sites for hydroxylation is 1. The topological polar surface area (TPSA) is 85.9 Å². The van der Waals surface area contributed by atoms with Gasteiger partial charge in [-0.05, 0) is 49.2 Å². The molecule has 7 heteroatoms. The van der Waals surface area contributed by atoms with Crippen molar-refractivity contribution >= 4 is 23.8 Å². The summed E-state index contributed by atoms with van der Waals surface area (Å²) in [5, 5.41) is 4.27. The molecule has 0 aliphatic heterocycles. The Morgan fingerprint density at radius 2 is 1.92 bits per heavy atom. The molecule has 0 fully saturated rings. The van der Waals surface area contributed by atoms with Gasteiger partial charge in [-0.25, -0.2) is 10.2 Å². The maximum Gasteiger partial charge on any atom is 0.332 e. The highest BCUT2D eigenvalue weighted by atomic mass is 35.5. The standard InChI is InChI=1S/C19H22ClN3O3/c1-13-5-3-6-17(14(13)2)25-9-4-10-26-18-8-7-16(20)11-15(18)12-22-23-19(21)24/h3,5-8,11-12H,4,9-10H2,1-2H3,(H3,21,23,24)/b22-12+. The van der Waals surface area contributed by atoms with E-state index in [4.69, 9.17) is 26.8 Å². The number of rotatable bonds is 8. The first-order valence-electron chi connectivity index (χ1n) is 8.17. The second kappa shape index (κ2) is 9.68. The molecule has 0 bridgehead atoms. The number of hydrogen-bond acceptors (Lipinski definition) is 4. The zero-order valence-electron chi connectivity index (χ0n) is 14.8. The Bertz CT molecular complexity index is 794. The van der Waals surface area contributed by atoms with Crippen molar-refractivity contribution in [3.05, 3.63) is 58.1 Å². The van der Waals surface area contributed by atoms with E-state index in [0.717, 1.165) is 11.3 Å². The van der Waals surface area contributed by atoms with Crippen LogP contribution < -0.4 is 20.6 Å². The van der Waals surface area contributed by atoms with Crippen molar-refractivity contribution in [2.45, 2.75) is 20.3 Å². The average molecular weight is 376 g/mol. The molecule has 2 rings (SSSR count). The van der Waals surface area contributed by atoms with Crippen molar-refractivity contribution in [2.75, 3.05) is 13.2 Å². The highest BCUT2D eigenvalue weighted by molar-refractivity contribution is 6.30. The minimum Gasteiger partial charge on any atom is -0.493 e. The number of halogens is 1. The molecule has 2 aromatic carbocycles. The Morgan fingerprint density at radius 1 is 1.19 bits per heavy atom. The van der Waals surface area contributed by atoms with Gasteiger partial charge in [-0.15, -0.1) is 0 Å². The molecule has 3 N–H and O–H groups in total. The first-order valence-corrected chi connectivity index (χ1v) is 8.55. The van der Waals surface area contributed by atoms with Crippen molar-refractivity contribution in [3.63, 3.8) is 0 Å². The van der Waals surface area contributed by atoms with Gasteiger partial charge in [-0.2, -0.15) is 5.10 Å². The number of nitrogens with one attached hydrogen (secondary N) is 1. The van der Waals surface area contributed by atoms with Gasteiger partial charge in [-0.1, -0.05) is 23.7 Å². The lowest BCUT2D eigenvalue weighted by molar-refractivity contribution is 0.246. The Hall–Kier alpha value is -2.73. The van der Waals surface area contributed by atoms with Gasteiger partial charge in [0.05, 0.1) is 19.4 Å². The number of nitrogens with two attached hydrogens (primary N) is 1. The molecule has 0 atom stereocenters. The summed E-state index contributed by atoms with van der Waals surface area (Å²) >= 11 is 5.99. The van der Waals surface area contributed by atoms with Gasteiger partial charge in [0.2, 0.25) is 0 Å². The van der Waals surface area contributed by atoms with Crippen LogP contribution in [0.2, 0.25) is 5.02 Å². The predicted octanol–water partition coefficient (Wildman–Crippen LogP) is 3.81. The van der Waals surface area contributed by atoms with Crippen molar-refractivity contribution in [1.29, 1.82) is 0 Å². The minimum atomic E-state index is -0.741. The van der Waals surface area contributed by atoms with Crippen molar-refractivity contribution < 1.29 is 14.3 Å². The Balaban J connectivity index is 1.86. The van der Waals surface area contributed by atoms with Crippen LogP contribution in [-0.2, 0) is 0 Å². The summed E-state index contributed by atoms with van der Waals surface area (Å²) in [6.07, 6.45) is 2.14. The van der Waals surface area contributed by atoms with E-state index in [9.17, 15) is 4.79 Å². The molecule has 6 nitrogen and oxygen atoms in total. The maximum absolute atomic E-state index is 10.7. The Morgan fingerprint density at radius 3 is 2.65 bits per heavy atom. The van der Waals surface area contributed by atoms with Crippen molar-refractivity contribution in [2.24, 2.45) is 10.8 Å². The monoisotopic (exact) mass is 375 g/mol. The third-order valence-corrected chi connectivity index (χ3v) is 3.94. The summed E-state index contributed by atoms with van der Waals surface area (Å²) in [7, 11) is 0.